The van der Waals surface area contributed by atoms with E-state index in [0.29, 0.717) is 30.3 Å². The maximum atomic E-state index is 12.1. The lowest BCUT2D eigenvalue weighted by atomic mass is 10.00. The number of nitrogens with zero attached hydrogens (tertiary/aromatic N) is 2. The molecule has 8 heteroatoms. The van der Waals surface area contributed by atoms with Crippen molar-refractivity contribution < 1.29 is 24.6 Å². The van der Waals surface area contributed by atoms with Gasteiger partial charge in [-0.1, -0.05) is 18.2 Å². The minimum absolute atomic E-state index is 0.0938. The minimum atomic E-state index is -1.25. The van der Waals surface area contributed by atoms with Gasteiger partial charge in [0.2, 0.25) is 5.91 Å². The summed E-state index contributed by atoms with van der Waals surface area (Å²) in [5.41, 5.74) is 6.14. The lowest BCUT2D eigenvalue weighted by Gasteiger charge is -2.29. The van der Waals surface area contributed by atoms with Crippen molar-refractivity contribution in [3.63, 3.8) is 0 Å². The van der Waals surface area contributed by atoms with Gasteiger partial charge in [-0.05, 0) is 18.9 Å². The number of aryl methyl sites for hydroxylation is 1. The van der Waals surface area contributed by atoms with Crippen molar-refractivity contribution in [3.05, 3.63) is 35.5 Å². The number of aliphatic carboxylic acids is 1. The second kappa shape index (κ2) is 6.21. The zero-order chi connectivity index (χ0) is 18.3. The summed E-state index contributed by atoms with van der Waals surface area (Å²) in [6.45, 7) is 0.368. The molecule has 3 rings (SSSR count). The van der Waals surface area contributed by atoms with Crippen molar-refractivity contribution in [1.82, 2.24) is 9.47 Å². The first-order valence-corrected chi connectivity index (χ1v) is 7.93. The van der Waals surface area contributed by atoms with E-state index in [-0.39, 0.29) is 11.3 Å². The van der Waals surface area contributed by atoms with E-state index in [2.05, 4.69) is 0 Å². The molecule has 1 unspecified atom stereocenters. The van der Waals surface area contributed by atoms with Gasteiger partial charge in [0.15, 0.2) is 0 Å². The molecule has 1 fully saturated rings. The molecule has 1 aliphatic rings. The molecule has 0 bridgehead atoms. The van der Waals surface area contributed by atoms with Gasteiger partial charge in [0, 0.05) is 30.1 Å². The summed E-state index contributed by atoms with van der Waals surface area (Å²) in [6, 6.07) is 4.95. The third-order valence-corrected chi connectivity index (χ3v) is 4.81. The molecule has 1 saturated heterocycles. The van der Waals surface area contributed by atoms with Crippen molar-refractivity contribution in [2.75, 3.05) is 6.54 Å². The van der Waals surface area contributed by atoms with E-state index in [1.165, 1.54) is 9.47 Å². The smallest absolute Gasteiger partial charge is 0.352 e. The van der Waals surface area contributed by atoms with Gasteiger partial charge in [0.05, 0.1) is 6.04 Å². The van der Waals surface area contributed by atoms with Gasteiger partial charge in [0.1, 0.15) is 11.7 Å². The molecule has 0 aliphatic carbocycles. The number of carboxylic acids is 2. The normalized spacial score (nSPS) is 19.2. The number of benzene rings is 1. The summed E-state index contributed by atoms with van der Waals surface area (Å²) in [4.78, 5) is 37.2. The predicted octanol–water partition coefficient (Wildman–Crippen LogP) is 0.952. The maximum absolute atomic E-state index is 12.1. The van der Waals surface area contributed by atoms with Crippen LogP contribution in [0.1, 0.15) is 34.9 Å². The number of carbonyl (C=O) groups excluding carboxylic acids is 1. The number of hydrogen-bond acceptors (Lipinski definition) is 4. The number of aromatic carboxylic acids is 1. The third kappa shape index (κ3) is 2.64. The van der Waals surface area contributed by atoms with E-state index in [4.69, 9.17) is 5.73 Å². The Bertz CT molecular complexity index is 873. The molecule has 0 radical (unpaired) electrons. The van der Waals surface area contributed by atoms with E-state index >= 15 is 0 Å². The number of aromatic nitrogens is 1. The molecule has 4 N–H and O–H groups in total. The van der Waals surface area contributed by atoms with Gasteiger partial charge < -0.3 is 20.5 Å². The Morgan fingerprint density at radius 2 is 1.92 bits per heavy atom. The van der Waals surface area contributed by atoms with Crippen LogP contribution in [0.25, 0.3) is 10.9 Å². The quantitative estimate of drug-likeness (QED) is 0.741. The van der Waals surface area contributed by atoms with E-state index in [1.807, 2.05) is 0 Å². The topological polar surface area (TPSA) is 126 Å². The van der Waals surface area contributed by atoms with Crippen molar-refractivity contribution >= 4 is 28.7 Å². The number of rotatable bonds is 5. The third-order valence-electron chi connectivity index (χ3n) is 4.81. The standard InChI is InChI=1S/C17H19N3O5/c1-19-10-6-3-2-5-9(10)12(13(19)16(22)23)14(17(24)25)20-8-4-7-11(20)15(18)21/h2-3,5-6,11,14H,4,7-8H2,1H3,(H2,18,21)(H,22,23)(H,24,25)/t11-,14?/m1/s1. The lowest BCUT2D eigenvalue weighted by molar-refractivity contribution is -0.144. The number of amides is 1. The number of carboxylic acid groups (broad SMARTS) is 2. The highest BCUT2D eigenvalue weighted by Crippen LogP contribution is 2.37. The van der Waals surface area contributed by atoms with Crippen molar-refractivity contribution in [3.8, 4) is 0 Å². The monoisotopic (exact) mass is 345 g/mol. The average Bonchev–Trinajstić information content (AvgIpc) is 3.12. The molecule has 2 heterocycles. The van der Waals surface area contributed by atoms with Crippen LogP contribution < -0.4 is 5.73 Å². The summed E-state index contributed by atoms with van der Waals surface area (Å²) in [7, 11) is 1.59. The zero-order valence-electron chi connectivity index (χ0n) is 13.7. The van der Waals surface area contributed by atoms with Crippen molar-refractivity contribution in [2.24, 2.45) is 12.8 Å². The second-order valence-electron chi connectivity index (χ2n) is 6.18. The Kier molecular flexibility index (Phi) is 4.22. The molecular formula is C17H19N3O5. The molecule has 1 amide bonds. The number of nitrogens with two attached hydrogens (primary N) is 1. The van der Waals surface area contributed by atoms with Crippen LogP contribution in [0, 0.1) is 0 Å². The van der Waals surface area contributed by atoms with Gasteiger partial charge in [-0.15, -0.1) is 0 Å². The molecule has 2 aromatic rings. The Morgan fingerprint density at radius 3 is 2.52 bits per heavy atom. The minimum Gasteiger partial charge on any atom is -0.480 e. The van der Waals surface area contributed by atoms with Crippen LogP contribution in [0.15, 0.2) is 24.3 Å². The summed E-state index contributed by atoms with van der Waals surface area (Å²) in [5, 5.41) is 20.1. The van der Waals surface area contributed by atoms with E-state index in [0.717, 1.165) is 0 Å². The maximum Gasteiger partial charge on any atom is 0.352 e. The molecule has 8 nitrogen and oxygen atoms in total. The first kappa shape index (κ1) is 17.0. The van der Waals surface area contributed by atoms with E-state index in [1.54, 1.807) is 31.3 Å². The van der Waals surface area contributed by atoms with E-state index < -0.39 is 29.9 Å². The Labute approximate surface area is 143 Å². The van der Waals surface area contributed by atoms with Crippen LogP contribution in [0.3, 0.4) is 0 Å². The molecule has 0 saturated carbocycles. The number of para-hydroxylation sites is 1. The van der Waals surface area contributed by atoms with Crippen LogP contribution in [0.5, 0.6) is 0 Å². The molecule has 25 heavy (non-hydrogen) atoms. The molecule has 1 aliphatic heterocycles. The molecule has 1 aromatic heterocycles. The summed E-state index contributed by atoms with van der Waals surface area (Å²) < 4.78 is 1.47. The van der Waals surface area contributed by atoms with Crippen LogP contribution in [-0.2, 0) is 16.6 Å². The first-order chi connectivity index (χ1) is 11.8. The van der Waals surface area contributed by atoms with Gasteiger partial charge in [0.25, 0.3) is 0 Å². The highest BCUT2D eigenvalue weighted by Gasteiger charge is 2.42. The summed E-state index contributed by atoms with van der Waals surface area (Å²) in [5.74, 6) is -3.01. The molecule has 1 aromatic carbocycles. The van der Waals surface area contributed by atoms with Crippen LogP contribution in [0.4, 0.5) is 0 Å². The fourth-order valence-electron chi connectivity index (χ4n) is 3.79. The van der Waals surface area contributed by atoms with Crippen molar-refractivity contribution in [2.45, 2.75) is 24.9 Å². The van der Waals surface area contributed by atoms with Crippen LogP contribution in [-0.4, -0.2) is 50.1 Å². The Hall–Kier alpha value is -2.87. The number of fused-ring (bicyclic) bond motifs is 1. The zero-order valence-corrected chi connectivity index (χ0v) is 13.7. The molecule has 0 spiro atoms. The van der Waals surface area contributed by atoms with E-state index in [9.17, 15) is 24.6 Å². The van der Waals surface area contributed by atoms with Crippen LogP contribution >= 0.6 is 0 Å². The Morgan fingerprint density at radius 1 is 1.24 bits per heavy atom. The summed E-state index contributed by atoms with van der Waals surface area (Å²) in [6.07, 6.45) is 1.09. The predicted molar refractivity (Wildman–Crippen MR) is 89.2 cm³/mol. The number of primary amides is 1. The molecular weight excluding hydrogens is 326 g/mol. The first-order valence-electron chi connectivity index (χ1n) is 7.93. The average molecular weight is 345 g/mol. The van der Waals surface area contributed by atoms with Gasteiger partial charge in [-0.2, -0.15) is 0 Å². The van der Waals surface area contributed by atoms with Crippen molar-refractivity contribution in [1.29, 1.82) is 0 Å². The largest absolute Gasteiger partial charge is 0.480 e. The fraction of sp³-hybridized carbons (Fsp3) is 0.353. The molecule has 132 valence electrons. The second-order valence-corrected chi connectivity index (χ2v) is 6.18. The highest BCUT2D eigenvalue weighted by atomic mass is 16.4. The van der Waals surface area contributed by atoms with Gasteiger partial charge >= 0.3 is 11.9 Å². The van der Waals surface area contributed by atoms with Crippen LogP contribution in [0.2, 0.25) is 0 Å². The van der Waals surface area contributed by atoms with Gasteiger partial charge in [-0.3, -0.25) is 14.5 Å². The number of hydrogen-bond donors (Lipinski definition) is 3. The Balaban J connectivity index is 2.27. The molecule has 2 atom stereocenters. The number of carbonyl (C=O) groups is 3. The lowest BCUT2D eigenvalue weighted by Crippen LogP contribution is -2.45. The fourth-order valence-corrected chi connectivity index (χ4v) is 3.79. The number of likely N-dealkylation sites (tertiary alicyclic amines) is 1. The van der Waals surface area contributed by atoms with Gasteiger partial charge in [-0.25, -0.2) is 4.79 Å². The highest BCUT2D eigenvalue weighted by molar-refractivity contribution is 6.01. The SMILES string of the molecule is Cn1c(C(=O)O)c(C(C(=O)O)N2CCC[C@@H]2C(N)=O)c2ccccc21. The summed E-state index contributed by atoms with van der Waals surface area (Å²) >= 11 is 0.